The van der Waals surface area contributed by atoms with Crippen LogP contribution in [-0.2, 0) is 11.3 Å². The zero-order valence-corrected chi connectivity index (χ0v) is 11.6. The van der Waals surface area contributed by atoms with Crippen molar-refractivity contribution in [2.24, 2.45) is 0 Å². The Balaban J connectivity index is 2.05. The van der Waals surface area contributed by atoms with Crippen LogP contribution in [0, 0.1) is 11.3 Å². The number of hydrogen-bond acceptors (Lipinski definition) is 3. The number of ether oxygens (including phenoxy) is 1. The molecule has 2 aromatic rings. The van der Waals surface area contributed by atoms with Crippen LogP contribution in [0.25, 0.3) is 10.9 Å². The minimum absolute atomic E-state index is 0.0434. The molecule has 1 saturated heterocycles. The molecule has 0 amide bonds. The largest absolute Gasteiger partial charge is 0.477 e. The highest BCUT2D eigenvalue weighted by Crippen LogP contribution is 2.30. The third kappa shape index (κ3) is 2.50. The van der Waals surface area contributed by atoms with Crippen molar-refractivity contribution in [3.63, 3.8) is 0 Å². The lowest BCUT2D eigenvalue weighted by Crippen LogP contribution is -2.13. The summed E-state index contributed by atoms with van der Waals surface area (Å²) in [7, 11) is 0. The van der Waals surface area contributed by atoms with Crippen LogP contribution in [0.1, 0.15) is 34.8 Å². The Morgan fingerprint density at radius 3 is 2.81 bits per heavy atom. The monoisotopic (exact) mass is 284 g/mol. The van der Waals surface area contributed by atoms with E-state index in [-0.39, 0.29) is 12.2 Å². The van der Waals surface area contributed by atoms with Crippen LogP contribution in [0.4, 0.5) is 0 Å². The number of hydrogen-bond donors (Lipinski definition) is 1. The van der Waals surface area contributed by atoms with E-state index in [1.807, 2.05) is 24.3 Å². The maximum atomic E-state index is 11.3. The van der Waals surface area contributed by atoms with Gasteiger partial charge >= 0.3 is 5.97 Å². The SMILES string of the molecule is N#CCn1c(C(=O)O)cc2cc(C3CCOCC3)ccc21. The third-order valence-corrected chi connectivity index (χ3v) is 4.07. The number of aromatic carboxylic acids is 1. The molecule has 0 bridgehead atoms. The number of carboxylic acids is 1. The molecule has 0 radical (unpaired) electrons. The van der Waals surface area contributed by atoms with E-state index >= 15 is 0 Å². The zero-order chi connectivity index (χ0) is 14.8. The second kappa shape index (κ2) is 5.58. The maximum absolute atomic E-state index is 11.3. The molecule has 0 unspecified atom stereocenters. The average Bonchev–Trinajstić information content (AvgIpc) is 2.87. The molecule has 2 heterocycles. The molecule has 1 aliphatic heterocycles. The summed E-state index contributed by atoms with van der Waals surface area (Å²) in [5, 5.41) is 19.0. The number of nitrogens with zero attached hydrogens (tertiary/aromatic N) is 2. The standard InChI is InChI=1S/C16H16N2O3/c17-5-6-18-14-2-1-12(11-3-7-21-8-4-11)9-13(14)10-15(18)16(19)20/h1-2,9-11H,3-4,6-8H2,(H,19,20). The molecule has 108 valence electrons. The highest BCUT2D eigenvalue weighted by molar-refractivity contribution is 5.95. The zero-order valence-electron chi connectivity index (χ0n) is 11.6. The van der Waals surface area contributed by atoms with E-state index in [4.69, 9.17) is 10.00 Å². The lowest BCUT2D eigenvalue weighted by molar-refractivity contribution is 0.0686. The molecule has 0 atom stereocenters. The van der Waals surface area contributed by atoms with Gasteiger partial charge in [0.05, 0.1) is 6.07 Å². The molecular formula is C16H16N2O3. The summed E-state index contributed by atoms with van der Waals surface area (Å²) < 4.78 is 6.92. The van der Waals surface area contributed by atoms with Crippen LogP contribution in [0.5, 0.6) is 0 Å². The smallest absolute Gasteiger partial charge is 0.352 e. The van der Waals surface area contributed by atoms with Crippen LogP contribution in [0.15, 0.2) is 24.3 Å². The van der Waals surface area contributed by atoms with Gasteiger partial charge in [-0.15, -0.1) is 0 Å². The van der Waals surface area contributed by atoms with Gasteiger partial charge < -0.3 is 14.4 Å². The van der Waals surface area contributed by atoms with E-state index in [1.54, 1.807) is 10.6 Å². The molecule has 3 rings (SSSR count). The van der Waals surface area contributed by atoms with Crippen molar-refractivity contribution in [2.45, 2.75) is 25.3 Å². The van der Waals surface area contributed by atoms with Crippen molar-refractivity contribution in [1.82, 2.24) is 4.57 Å². The van der Waals surface area contributed by atoms with Crippen molar-refractivity contribution in [3.8, 4) is 6.07 Å². The van der Waals surface area contributed by atoms with Gasteiger partial charge in [-0.2, -0.15) is 5.26 Å². The molecule has 1 fully saturated rings. The fourth-order valence-electron chi connectivity index (χ4n) is 2.99. The van der Waals surface area contributed by atoms with Crippen LogP contribution >= 0.6 is 0 Å². The van der Waals surface area contributed by atoms with E-state index < -0.39 is 5.97 Å². The van der Waals surface area contributed by atoms with Gasteiger partial charge in [0.25, 0.3) is 0 Å². The van der Waals surface area contributed by atoms with Crippen molar-refractivity contribution in [3.05, 3.63) is 35.5 Å². The van der Waals surface area contributed by atoms with Gasteiger partial charge in [-0.1, -0.05) is 6.07 Å². The highest BCUT2D eigenvalue weighted by Gasteiger charge is 2.19. The van der Waals surface area contributed by atoms with Crippen LogP contribution in [-0.4, -0.2) is 28.9 Å². The Morgan fingerprint density at radius 1 is 1.38 bits per heavy atom. The molecule has 21 heavy (non-hydrogen) atoms. The summed E-state index contributed by atoms with van der Waals surface area (Å²) in [5.41, 5.74) is 2.18. The van der Waals surface area contributed by atoms with Gasteiger partial charge in [0, 0.05) is 24.1 Å². The first kappa shape index (κ1) is 13.7. The number of rotatable bonds is 3. The second-order valence-electron chi connectivity index (χ2n) is 5.28. The van der Waals surface area contributed by atoms with Crippen LogP contribution in [0.2, 0.25) is 0 Å². The predicted octanol–water partition coefficient (Wildman–Crippen LogP) is 2.76. The molecule has 0 spiro atoms. The van der Waals surface area contributed by atoms with E-state index in [2.05, 4.69) is 0 Å². The molecule has 5 nitrogen and oxygen atoms in total. The van der Waals surface area contributed by atoms with Gasteiger partial charge in [-0.25, -0.2) is 4.79 Å². The summed E-state index contributed by atoms with van der Waals surface area (Å²) in [6.07, 6.45) is 1.99. The molecule has 1 N–H and O–H groups in total. The third-order valence-electron chi connectivity index (χ3n) is 4.07. The minimum atomic E-state index is -1.01. The van der Waals surface area contributed by atoms with Crippen LogP contribution < -0.4 is 0 Å². The van der Waals surface area contributed by atoms with Gasteiger partial charge in [0.1, 0.15) is 12.2 Å². The Bertz CT molecular complexity index is 721. The Morgan fingerprint density at radius 2 is 2.14 bits per heavy atom. The van der Waals surface area contributed by atoms with Crippen molar-refractivity contribution in [1.29, 1.82) is 5.26 Å². The van der Waals surface area contributed by atoms with Crippen molar-refractivity contribution >= 4 is 16.9 Å². The van der Waals surface area contributed by atoms with Gasteiger partial charge in [-0.3, -0.25) is 0 Å². The topological polar surface area (TPSA) is 75.2 Å². The quantitative estimate of drug-likeness (QED) is 0.940. The average molecular weight is 284 g/mol. The Hall–Kier alpha value is -2.32. The van der Waals surface area contributed by atoms with E-state index in [0.717, 1.165) is 37.0 Å². The normalized spacial score (nSPS) is 16.0. The summed E-state index contributed by atoms with van der Waals surface area (Å²) in [5.74, 6) is -0.537. The lowest BCUT2D eigenvalue weighted by Gasteiger charge is -2.22. The fourth-order valence-corrected chi connectivity index (χ4v) is 2.99. The maximum Gasteiger partial charge on any atom is 0.352 e. The molecule has 0 aliphatic carbocycles. The number of aromatic nitrogens is 1. The predicted molar refractivity (Wildman–Crippen MR) is 77.3 cm³/mol. The van der Waals surface area contributed by atoms with Gasteiger partial charge in [0.2, 0.25) is 0 Å². The number of fused-ring (bicyclic) bond motifs is 1. The molecular weight excluding hydrogens is 268 g/mol. The van der Waals surface area contributed by atoms with Gasteiger partial charge in [0.15, 0.2) is 0 Å². The number of nitriles is 1. The molecule has 1 aromatic carbocycles. The first-order chi connectivity index (χ1) is 10.2. The van der Waals surface area contributed by atoms with E-state index in [0.29, 0.717) is 5.92 Å². The van der Waals surface area contributed by atoms with E-state index in [9.17, 15) is 9.90 Å². The lowest BCUT2D eigenvalue weighted by atomic mass is 9.91. The Labute approximate surface area is 122 Å². The van der Waals surface area contributed by atoms with Crippen LogP contribution in [0.3, 0.4) is 0 Å². The second-order valence-corrected chi connectivity index (χ2v) is 5.28. The molecule has 1 aromatic heterocycles. The number of carboxylic acid groups (broad SMARTS) is 1. The van der Waals surface area contributed by atoms with Crippen molar-refractivity contribution < 1.29 is 14.6 Å². The van der Waals surface area contributed by atoms with Crippen molar-refractivity contribution in [2.75, 3.05) is 13.2 Å². The summed E-state index contributed by atoms with van der Waals surface area (Å²) >= 11 is 0. The molecule has 1 aliphatic rings. The summed E-state index contributed by atoms with van der Waals surface area (Å²) in [6, 6.07) is 9.68. The van der Waals surface area contributed by atoms with Gasteiger partial charge in [-0.05, 0) is 42.5 Å². The summed E-state index contributed by atoms with van der Waals surface area (Å²) in [4.78, 5) is 11.3. The first-order valence-corrected chi connectivity index (χ1v) is 7.02. The number of benzene rings is 1. The highest BCUT2D eigenvalue weighted by atomic mass is 16.5. The first-order valence-electron chi connectivity index (χ1n) is 7.02. The fraction of sp³-hybridized carbons (Fsp3) is 0.375. The minimum Gasteiger partial charge on any atom is -0.477 e. The summed E-state index contributed by atoms with van der Waals surface area (Å²) in [6.45, 7) is 1.60. The Kier molecular flexibility index (Phi) is 3.63. The number of carbonyl (C=O) groups is 1. The molecule has 5 heteroatoms. The van der Waals surface area contributed by atoms with E-state index in [1.165, 1.54) is 5.56 Å². The molecule has 0 saturated carbocycles.